The van der Waals surface area contributed by atoms with E-state index in [1.165, 1.54) is 17.0 Å². The molecule has 2 aliphatic rings. The zero-order chi connectivity index (χ0) is 24.4. The summed E-state index contributed by atoms with van der Waals surface area (Å²) in [5, 5.41) is 12.0. The maximum Gasteiger partial charge on any atom is 0.261 e. The molecule has 3 aromatic rings. The first-order valence-electron chi connectivity index (χ1n) is 11.9. The predicted octanol–water partition coefficient (Wildman–Crippen LogP) is 2.63. The average Bonchev–Trinajstić information content (AvgIpc) is 2.87. The van der Waals surface area contributed by atoms with Crippen molar-refractivity contribution in [3.63, 3.8) is 0 Å². The number of piperazine rings is 1. The number of hydrogen-bond acceptors (Lipinski definition) is 6. The first-order valence-corrected chi connectivity index (χ1v) is 11.9. The van der Waals surface area contributed by atoms with Gasteiger partial charge in [0.05, 0.1) is 0 Å². The van der Waals surface area contributed by atoms with Crippen molar-refractivity contribution in [2.75, 3.05) is 52.4 Å². The molecular formula is C27H28FN3O4. The fourth-order valence-electron chi connectivity index (χ4n) is 4.82. The standard InChI is InChI=1S/C27H28FN3O4/c28-23-9-1-2-10-24(23)35-18-20(32)17-30-13-11-29(12-14-30)15-16-31-26(33)21-7-3-5-19-6-4-8-22(25(19)21)27(31)34/h1-10,20,32H,11-18H2. The van der Waals surface area contributed by atoms with E-state index in [9.17, 15) is 19.1 Å². The molecule has 1 N–H and O–H groups in total. The smallest absolute Gasteiger partial charge is 0.261 e. The Morgan fingerprint density at radius 1 is 0.829 bits per heavy atom. The van der Waals surface area contributed by atoms with Crippen LogP contribution in [0.3, 0.4) is 0 Å². The zero-order valence-electron chi connectivity index (χ0n) is 19.4. The molecule has 2 heterocycles. The summed E-state index contributed by atoms with van der Waals surface area (Å²) >= 11 is 0. The Labute approximate surface area is 203 Å². The first-order chi connectivity index (χ1) is 17.0. The van der Waals surface area contributed by atoms with Gasteiger partial charge in [0.1, 0.15) is 12.7 Å². The molecule has 1 atom stereocenters. The molecule has 0 bridgehead atoms. The van der Waals surface area contributed by atoms with Gasteiger partial charge in [-0.1, -0.05) is 36.4 Å². The summed E-state index contributed by atoms with van der Waals surface area (Å²) in [6.07, 6.45) is -0.729. The molecule has 2 amide bonds. The minimum atomic E-state index is -0.729. The molecule has 0 radical (unpaired) electrons. The summed E-state index contributed by atoms with van der Waals surface area (Å²) in [4.78, 5) is 31.8. The summed E-state index contributed by atoms with van der Waals surface area (Å²) in [5.74, 6) is -0.789. The van der Waals surface area contributed by atoms with E-state index in [0.29, 0.717) is 30.8 Å². The van der Waals surface area contributed by atoms with Crippen LogP contribution in [0.25, 0.3) is 10.8 Å². The summed E-state index contributed by atoms with van der Waals surface area (Å²) in [7, 11) is 0. The van der Waals surface area contributed by atoms with Gasteiger partial charge < -0.3 is 9.84 Å². The monoisotopic (exact) mass is 477 g/mol. The highest BCUT2D eigenvalue weighted by Gasteiger charge is 2.33. The number of amides is 2. The van der Waals surface area contributed by atoms with Gasteiger partial charge in [-0.25, -0.2) is 4.39 Å². The van der Waals surface area contributed by atoms with Crippen molar-refractivity contribution >= 4 is 22.6 Å². The van der Waals surface area contributed by atoms with Crippen molar-refractivity contribution in [2.45, 2.75) is 6.10 Å². The molecular weight excluding hydrogens is 449 g/mol. The number of carbonyl (C=O) groups is 2. The first kappa shape index (κ1) is 23.4. The number of aliphatic hydroxyl groups excluding tert-OH is 1. The summed E-state index contributed by atoms with van der Waals surface area (Å²) in [5.41, 5.74) is 1.16. The number of β-amino-alcohol motifs (C(OH)–C–C–N with tert-alkyl or cyclic N) is 1. The topological polar surface area (TPSA) is 73.3 Å². The third kappa shape index (κ3) is 4.91. The Kier molecular flexibility index (Phi) is 6.77. The second-order valence-corrected chi connectivity index (χ2v) is 9.01. The lowest BCUT2D eigenvalue weighted by atomic mass is 9.94. The summed E-state index contributed by atoms with van der Waals surface area (Å²) in [6, 6.07) is 17.2. The third-order valence-corrected chi connectivity index (χ3v) is 6.70. The van der Waals surface area contributed by atoms with Crippen LogP contribution in [0.2, 0.25) is 0 Å². The van der Waals surface area contributed by atoms with Gasteiger partial charge in [-0.15, -0.1) is 0 Å². The molecule has 1 saturated heterocycles. The van der Waals surface area contributed by atoms with Crippen molar-refractivity contribution in [3.05, 3.63) is 77.6 Å². The number of ether oxygens (including phenoxy) is 1. The van der Waals surface area contributed by atoms with Crippen LogP contribution in [-0.4, -0.2) is 90.1 Å². The summed E-state index contributed by atoms with van der Waals surface area (Å²) in [6.45, 7) is 4.43. The number of nitrogens with zero attached hydrogens (tertiary/aromatic N) is 3. The second kappa shape index (κ2) is 10.1. The molecule has 3 aromatic carbocycles. The highest BCUT2D eigenvalue weighted by molar-refractivity contribution is 6.25. The fourth-order valence-corrected chi connectivity index (χ4v) is 4.82. The molecule has 2 aliphatic heterocycles. The Morgan fingerprint density at radius 3 is 2.11 bits per heavy atom. The van der Waals surface area contributed by atoms with E-state index in [2.05, 4.69) is 9.80 Å². The molecule has 8 heteroatoms. The van der Waals surface area contributed by atoms with Gasteiger partial charge in [0.25, 0.3) is 11.8 Å². The number of rotatable bonds is 8. The van der Waals surface area contributed by atoms with Crippen LogP contribution in [0, 0.1) is 5.82 Å². The van der Waals surface area contributed by atoms with E-state index in [-0.39, 0.29) is 24.2 Å². The van der Waals surface area contributed by atoms with E-state index >= 15 is 0 Å². The Bertz CT molecular complexity index is 1190. The number of imide groups is 1. The quantitative estimate of drug-likeness (QED) is 0.503. The van der Waals surface area contributed by atoms with Crippen LogP contribution in [-0.2, 0) is 0 Å². The molecule has 1 fully saturated rings. The number of benzene rings is 3. The zero-order valence-corrected chi connectivity index (χ0v) is 19.4. The van der Waals surface area contributed by atoms with Crippen molar-refractivity contribution in [3.8, 4) is 5.75 Å². The van der Waals surface area contributed by atoms with Crippen LogP contribution >= 0.6 is 0 Å². The lowest BCUT2D eigenvalue weighted by Crippen LogP contribution is -2.51. The minimum Gasteiger partial charge on any atom is -0.488 e. The van der Waals surface area contributed by atoms with E-state index in [0.717, 1.165) is 37.0 Å². The highest BCUT2D eigenvalue weighted by Crippen LogP contribution is 2.29. The Balaban J connectivity index is 1.10. The molecule has 5 rings (SSSR count). The SMILES string of the molecule is O=C1c2cccc3cccc(c23)C(=O)N1CCN1CCN(CC(O)COc2ccccc2F)CC1. The normalized spacial score (nSPS) is 17.7. The Hall–Kier alpha value is -3.33. The molecule has 0 saturated carbocycles. The van der Waals surface area contributed by atoms with Crippen LogP contribution in [0.5, 0.6) is 5.75 Å². The van der Waals surface area contributed by atoms with E-state index in [4.69, 9.17) is 4.74 Å². The molecule has 0 aromatic heterocycles. The lowest BCUT2D eigenvalue weighted by Gasteiger charge is -2.36. The van der Waals surface area contributed by atoms with Crippen molar-refractivity contribution < 1.29 is 23.8 Å². The number of hydrogen-bond donors (Lipinski definition) is 1. The number of halogens is 1. The average molecular weight is 478 g/mol. The number of carbonyl (C=O) groups excluding carboxylic acids is 2. The van der Waals surface area contributed by atoms with Gasteiger partial charge in [0, 0.05) is 62.3 Å². The summed E-state index contributed by atoms with van der Waals surface area (Å²) < 4.78 is 19.1. The van der Waals surface area contributed by atoms with Gasteiger partial charge in [-0.05, 0) is 29.7 Å². The molecule has 0 aliphatic carbocycles. The van der Waals surface area contributed by atoms with Crippen LogP contribution in [0.15, 0.2) is 60.7 Å². The van der Waals surface area contributed by atoms with Crippen molar-refractivity contribution in [2.24, 2.45) is 0 Å². The van der Waals surface area contributed by atoms with Crippen LogP contribution < -0.4 is 4.74 Å². The minimum absolute atomic E-state index is 0.0224. The van der Waals surface area contributed by atoms with Gasteiger partial charge >= 0.3 is 0 Å². The highest BCUT2D eigenvalue weighted by atomic mass is 19.1. The van der Waals surface area contributed by atoms with Crippen molar-refractivity contribution in [1.29, 1.82) is 0 Å². The largest absolute Gasteiger partial charge is 0.488 e. The van der Waals surface area contributed by atoms with E-state index in [1.807, 2.05) is 24.3 Å². The maximum atomic E-state index is 13.7. The number of aliphatic hydroxyl groups is 1. The fraction of sp³-hybridized carbons (Fsp3) is 0.333. The van der Waals surface area contributed by atoms with Gasteiger partial charge in [0.15, 0.2) is 11.6 Å². The molecule has 35 heavy (non-hydrogen) atoms. The lowest BCUT2D eigenvalue weighted by molar-refractivity contribution is 0.0409. The van der Waals surface area contributed by atoms with Gasteiger partial charge in [0.2, 0.25) is 0 Å². The van der Waals surface area contributed by atoms with E-state index in [1.54, 1.807) is 24.3 Å². The van der Waals surface area contributed by atoms with Gasteiger partial charge in [-0.3, -0.25) is 24.3 Å². The molecule has 7 nitrogen and oxygen atoms in total. The van der Waals surface area contributed by atoms with Crippen molar-refractivity contribution in [1.82, 2.24) is 14.7 Å². The molecule has 182 valence electrons. The molecule has 1 unspecified atom stereocenters. The Morgan fingerprint density at radius 2 is 1.46 bits per heavy atom. The number of para-hydroxylation sites is 1. The third-order valence-electron chi connectivity index (χ3n) is 6.70. The second-order valence-electron chi connectivity index (χ2n) is 9.01. The van der Waals surface area contributed by atoms with Gasteiger partial charge in [-0.2, -0.15) is 0 Å². The van der Waals surface area contributed by atoms with E-state index < -0.39 is 11.9 Å². The van der Waals surface area contributed by atoms with Crippen LogP contribution in [0.1, 0.15) is 20.7 Å². The van der Waals surface area contributed by atoms with Crippen LogP contribution in [0.4, 0.5) is 4.39 Å². The predicted molar refractivity (Wildman–Crippen MR) is 130 cm³/mol. The maximum absolute atomic E-state index is 13.7. The molecule has 0 spiro atoms.